The van der Waals surface area contributed by atoms with Gasteiger partial charge in [-0.05, 0) is 48.4 Å². The number of carbonyl (C=O) groups excluding carboxylic acids is 2. The summed E-state index contributed by atoms with van der Waals surface area (Å²) < 4.78 is 37.7. The van der Waals surface area contributed by atoms with Gasteiger partial charge < -0.3 is 19.5 Å². The molecule has 0 saturated carbocycles. The van der Waals surface area contributed by atoms with Gasteiger partial charge in [-0.25, -0.2) is 8.42 Å². The molecule has 1 aliphatic heterocycles. The third kappa shape index (κ3) is 5.98. The molecule has 0 bridgehead atoms. The summed E-state index contributed by atoms with van der Waals surface area (Å²) in [5, 5.41) is 11.3. The fraction of sp³-hybridized carbons (Fsp3) is 0.357. The maximum atomic E-state index is 13.2. The second-order valence-electron chi connectivity index (χ2n) is 8.62. The molecule has 10 heteroatoms. The second-order valence-corrected chi connectivity index (χ2v) is 10.6. The van der Waals surface area contributed by atoms with E-state index < -0.39 is 27.8 Å². The molecule has 9 nitrogen and oxygen atoms in total. The van der Waals surface area contributed by atoms with E-state index in [4.69, 9.17) is 9.47 Å². The van der Waals surface area contributed by atoms with Crippen molar-refractivity contribution in [3.05, 3.63) is 77.9 Å². The first-order valence-electron chi connectivity index (χ1n) is 12.4. The first-order valence-corrected chi connectivity index (χ1v) is 13.9. The number of benzene rings is 2. The standard InChI is InChI=1S/C28H34N2O7S/c1-5-18-37-22-13-9-20(10-14-22)25-24(27(32)28(33)30(25)17-8-19-36-4)26(31)21-11-15-23(16-12-21)38(34,35)29(6-2)7-3/h5,9-16,25,31H,1,6-8,17-19H2,2-4H3/t25-/m1/s1. The quantitative estimate of drug-likeness (QED) is 0.135. The van der Waals surface area contributed by atoms with Crippen molar-refractivity contribution in [1.82, 2.24) is 9.21 Å². The monoisotopic (exact) mass is 542 g/mol. The Morgan fingerprint density at radius 1 is 1.08 bits per heavy atom. The van der Waals surface area contributed by atoms with E-state index in [-0.39, 0.29) is 28.3 Å². The molecule has 38 heavy (non-hydrogen) atoms. The highest BCUT2D eigenvalue weighted by atomic mass is 32.2. The van der Waals surface area contributed by atoms with Crippen LogP contribution < -0.4 is 4.74 Å². The number of hydrogen-bond donors (Lipinski definition) is 1. The number of likely N-dealkylation sites (tertiary alicyclic amines) is 1. The lowest BCUT2D eigenvalue weighted by atomic mass is 9.95. The number of nitrogens with zero attached hydrogens (tertiary/aromatic N) is 2. The number of Topliss-reactive ketones (excluding diaryl/α,β-unsaturated/α-hetero) is 1. The Morgan fingerprint density at radius 3 is 2.26 bits per heavy atom. The number of methoxy groups -OCH3 is 1. The lowest BCUT2D eigenvalue weighted by Crippen LogP contribution is -2.31. The van der Waals surface area contributed by atoms with Crippen LogP contribution in [0.3, 0.4) is 0 Å². The highest BCUT2D eigenvalue weighted by Crippen LogP contribution is 2.40. The maximum absolute atomic E-state index is 13.2. The number of rotatable bonds is 13. The molecule has 1 amide bonds. The minimum absolute atomic E-state index is 0.0634. The van der Waals surface area contributed by atoms with Gasteiger partial charge in [-0.2, -0.15) is 4.31 Å². The molecular formula is C28H34N2O7S. The second kappa shape index (κ2) is 12.9. The van der Waals surface area contributed by atoms with Gasteiger partial charge in [0.25, 0.3) is 11.7 Å². The van der Waals surface area contributed by atoms with Crippen molar-refractivity contribution in [2.75, 3.05) is 40.0 Å². The van der Waals surface area contributed by atoms with Gasteiger partial charge in [0, 0.05) is 38.9 Å². The molecule has 0 radical (unpaired) electrons. The lowest BCUT2D eigenvalue weighted by Gasteiger charge is -2.25. The van der Waals surface area contributed by atoms with Crippen molar-refractivity contribution < 1.29 is 32.6 Å². The molecule has 0 aromatic heterocycles. The fourth-order valence-electron chi connectivity index (χ4n) is 4.39. The summed E-state index contributed by atoms with van der Waals surface area (Å²) in [6, 6.07) is 11.7. The average Bonchev–Trinajstić information content (AvgIpc) is 3.17. The Morgan fingerprint density at radius 2 is 1.71 bits per heavy atom. The fourth-order valence-corrected chi connectivity index (χ4v) is 5.85. The Labute approximate surface area is 224 Å². The topological polar surface area (TPSA) is 113 Å². The molecule has 0 aliphatic carbocycles. The first kappa shape index (κ1) is 29.1. The number of ketones is 1. The summed E-state index contributed by atoms with van der Waals surface area (Å²) in [5.74, 6) is -1.31. The first-order chi connectivity index (χ1) is 18.2. The zero-order valence-electron chi connectivity index (χ0n) is 21.9. The summed E-state index contributed by atoms with van der Waals surface area (Å²) in [6.45, 7) is 8.75. The van der Waals surface area contributed by atoms with E-state index in [1.807, 2.05) is 0 Å². The number of amides is 1. The summed E-state index contributed by atoms with van der Waals surface area (Å²) in [4.78, 5) is 27.7. The highest BCUT2D eigenvalue weighted by molar-refractivity contribution is 7.89. The van der Waals surface area contributed by atoms with E-state index in [1.54, 1.807) is 51.3 Å². The molecule has 1 saturated heterocycles. The zero-order valence-corrected chi connectivity index (χ0v) is 22.7. The molecule has 0 unspecified atom stereocenters. The van der Waals surface area contributed by atoms with Crippen LogP contribution in [0, 0.1) is 0 Å². The van der Waals surface area contributed by atoms with Crippen LogP contribution in [0.5, 0.6) is 5.75 Å². The Bertz CT molecular complexity index is 1280. The molecule has 1 fully saturated rings. The van der Waals surface area contributed by atoms with E-state index >= 15 is 0 Å². The molecule has 1 aliphatic rings. The van der Waals surface area contributed by atoms with Gasteiger partial charge >= 0.3 is 0 Å². The minimum atomic E-state index is -3.69. The molecule has 2 aromatic rings. The smallest absolute Gasteiger partial charge is 0.295 e. The normalized spacial score (nSPS) is 17.3. The third-order valence-electron chi connectivity index (χ3n) is 6.32. The largest absolute Gasteiger partial charge is 0.507 e. The number of hydrogen-bond acceptors (Lipinski definition) is 7. The Kier molecular flexibility index (Phi) is 9.84. The summed E-state index contributed by atoms with van der Waals surface area (Å²) >= 11 is 0. The maximum Gasteiger partial charge on any atom is 0.295 e. The molecule has 1 heterocycles. The van der Waals surface area contributed by atoms with Crippen molar-refractivity contribution in [2.45, 2.75) is 31.2 Å². The van der Waals surface area contributed by atoms with Gasteiger partial charge in [0.1, 0.15) is 18.1 Å². The van der Waals surface area contributed by atoms with Crippen molar-refractivity contribution in [3.8, 4) is 5.75 Å². The molecular weight excluding hydrogens is 508 g/mol. The number of aliphatic hydroxyl groups is 1. The number of sulfonamides is 1. The SMILES string of the molecule is C=CCOc1ccc([C@@H]2C(=C(O)c3ccc(S(=O)(=O)N(CC)CC)cc3)C(=O)C(=O)N2CCCOC)cc1. The van der Waals surface area contributed by atoms with E-state index in [2.05, 4.69) is 6.58 Å². The predicted octanol–water partition coefficient (Wildman–Crippen LogP) is 3.74. The van der Waals surface area contributed by atoms with Crippen molar-refractivity contribution in [2.24, 2.45) is 0 Å². The van der Waals surface area contributed by atoms with Crippen LogP contribution in [0.25, 0.3) is 5.76 Å². The summed E-state index contributed by atoms with van der Waals surface area (Å²) in [7, 11) is -2.14. The molecule has 0 spiro atoms. The van der Waals surface area contributed by atoms with Gasteiger partial charge in [-0.15, -0.1) is 0 Å². The van der Waals surface area contributed by atoms with E-state index in [0.717, 1.165) is 0 Å². The van der Waals surface area contributed by atoms with Crippen molar-refractivity contribution >= 4 is 27.5 Å². The number of carbonyl (C=O) groups is 2. The van der Waals surface area contributed by atoms with Crippen LogP contribution in [0.15, 0.2) is 71.7 Å². The van der Waals surface area contributed by atoms with Crippen molar-refractivity contribution in [3.63, 3.8) is 0 Å². The van der Waals surface area contributed by atoms with Gasteiger partial charge in [0.05, 0.1) is 16.5 Å². The van der Waals surface area contributed by atoms with Crippen LogP contribution in [-0.2, 0) is 24.3 Å². The van der Waals surface area contributed by atoms with E-state index in [9.17, 15) is 23.1 Å². The van der Waals surface area contributed by atoms with Crippen LogP contribution in [0.4, 0.5) is 0 Å². The van der Waals surface area contributed by atoms with Crippen LogP contribution >= 0.6 is 0 Å². The predicted molar refractivity (Wildman–Crippen MR) is 144 cm³/mol. The summed E-state index contributed by atoms with van der Waals surface area (Å²) in [5.41, 5.74) is 0.788. The van der Waals surface area contributed by atoms with Crippen molar-refractivity contribution in [1.29, 1.82) is 0 Å². The van der Waals surface area contributed by atoms with Crippen LogP contribution in [0.2, 0.25) is 0 Å². The highest BCUT2D eigenvalue weighted by Gasteiger charge is 2.45. The number of aliphatic hydroxyl groups excluding tert-OH is 1. The van der Waals surface area contributed by atoms with Gasteiger partial charge in [-0.1, -0.05) is 38.6 Å². The molecule has 1 N–H and O–H groups in total. The Balaban J connectivity index is 2.05. The van der Waals surface area contributed by atoms with Gasteiger partial charge in [0.15, 0.2) is 0 Å². The average molecular weight is 543 g/mol. The molecule has 204 valence electrons. The van der Waals surface area contributed by atoms with Gasteiger partial charge in [-0.3, -0.25) is 9.59 Å². The van der Waals surface area contributed by atoms with Crippen LogP contribution in [0.1, 0.15) is 37.4 Å². The molecule has 1 atom stereocenters. The molecule has 3 rings (SSSR count). The summed E-state index contributed by atoms with van der Waals surface area (Å²) in [6.07, 6.45) is 2.12. The number of ether oxygens (including phenoxy) is 2. The molecule has 2 aromatic carbocycles. The van der Waals surface area contributed by atoms with E-state index in [1.165, 1.54) is 33.5 Å². The zero-order chi connectivity index (χ0) is 27.9. The van der Waals surface area contributed by atoms with E-state index in [0.29, 0.717) is 44.0 Å². The van der Waals surface area contributed by atoms with Crippen LogP contribution in [-0.4, -0.2) is 74.4 Å². The Hall–Kier alpha value is -3.47. The third-order valence-corrected chi connectivity index (χ3v) is 8.39. The van der Waals surface area contributed by atoms with Gasteiger partial charge in [0.2, 0.25) is 10.0 Å². The minimum Gasteiger partial charge on any atom is -0.507 e. The lowest BCUT2D eigenvalue weighted by molar-refractivity contribution is -0.140.